The van der Waals surface area contributed by atoms with E-state index >= 15 is 0 Å². The van der Waals surface area contributed by atoms with Gasteiger partial charge in [-0.1, -0.05) is 38.3 Å². The van der Waals surface area contributed by atoms with E-state index in [9.17, 15) is 14.7 Å². The van der Waals surface area contributed by atoms with E-state index in [2.05, 4.69) is 6.92 Å². The van der Waals surface area contributed by atoms with E-state index in [0.717, 1.165) is 19.3 Å². The summed E-state index contributed by atoms with van der Waals surface area (Å²) in [7, 11) is 2.51. The molecule has 1 rings (SSSR count). The van der Waals surface area contributed by atoms with Crippen molar-refractivity contribution >= 4 is 11.9 Å². The molecule has 5 heteroatoms. The number of unbranched alkanes of at least 4 members (excludes halogenated alkanes) is 2. The van der Waals surface area contributed by atoms with Crippen molar-refractivity contribution in [3.8, 4) is 0 Å². The summed E-state index contributed by atoms with van der Waals surface area (Å²) in [4.78, 5) is 23.6. The summed E-state index contributed by atoms with van der Waals surface area (Å²) in [5.74, 6) is -1.42. The lowest BCUT2D eigenvalue weighted by Gasteiger charge is -2.19. The van der Waals surface area contributed by atoms with Crippen molar-refractivity contribution in [2.75, 3.05) is 14.2 Å². The van der Waals surface area contributed by atoms with Crippen molar-refractivity contribution in [2.24, 2.45) is 11.3 Å². The zero-order valence-electron chi connectivity index (χ0n) is 13.3. The Morgan fingerprint density at radius 2 is 1.86 bits per heavy atom. The van der Waals surface area contributed by atoms with E-state index < -0.39 is 23.0 Å². The number of hydrogen-bond acceptors (Lipinski definition) is 5. The molecule has 1 aliphatic carbocycles. The second kappa shape index (κ2) is 7.07. The van der Waals surface area contributed by atoms with E-state index in [4.69, 9.17) is 9.47 Å². The summed E-state index contributed by atoms with van der Waals surface area (Å²) >= 11 is 0. The highest BCUT2D eigenvalue weighted by molar-refractivity contribution is 6.04. The molecule has 0 radical (unpaired) electrons. The average molecular weight is 298 g/mol. The third-order valence-corrected chi connectivity index (χ3v) is 4.09. The van der Waals surface area contributed by atoms with Gasteiger partial charge in [0.15, 0.2) is 5.41 Å². The van der Waals surface area contributed by atoms with Crippen molar-refractivity contribution in [1.82, 2.24) is 0 Å². The highest BCUT2D eigenvalue weighted by Crippen LogP contribution is 2.55. The molecule has 0 aliphatic heterocycles. The summed E-state index contributed by atoms with van der Waals surface area (Å²) < 4.78 is 9.41. The first-order valence-electron chi connectivity index (χ1n) is 7.42. The van der Waals surface area contributed by atoms with Gasteiger partial charge >= 0.3 is 11.9 Å². The van der Waals surface area contributed by atoms with E-state index in [0.29, 0.717) is 12.8 Å². The van der Waals surface area contributed by atoms with Gasteiger partial charge in [0.25, 0.3) is 0 Å². The standard InChI is InChI=1S/C16H26O5/c1-5-6-7-9-15(2,19)10-8-12-11-16(12,13(17)20-3)14(18)21-4/h8,10,12,19H,5-7,9,11H2,1-4H3/b10-8+. The first-order chi connectivity index (χ1) is 9.84. The van der Waals surface area contributed by atoms with Gasteiger partial charge in [-0.05, 0) is 19.8 Å². The van der Waals surface area contributed by atoms with Crippen molar-refractivity contribution < 1.29 is 24.2 Å². The van der Waals surface area contributed by atoms with E-state index in [1.54, 1.807) is 19.1 Å². The number of allylic oxidation sites excluding steroid dienone is 1. The molecule has 1 aliphatic rings. The molecule has 0 aromatic carbocycles. The van der Waals surface area contributed by atoms with Crippen LogP contribution in [0.3, 0.4) is 0 Å². The number of esters is 2. The van der Waals surface area contributed by atoms with Gasteiger partial charge in [-0.25, -0.2) is 0 Å². The first-order valence-corrected chi connectivity index (χ1v) is 7.42. The highest BCUT2D eigenvalue weighted by Gasteiger charge is 2.66. The lowest BCUT2D eigenvalue weighted by Crippen LogP contribution is -2.30. The molecule has 120 valence electrons. The first kappa shape index (κ1) is 17.7. The van der Waals surface area contributed by atoms with Crippen LogP contribution in [-0.4, -0.2) is 36.9 Å². The van der Waals surface area contributed by atoms with Gasteiger partial charge in [0.05, 0.1) is 19.8 Å². The highest BCUT2D eigenvalue weighted by atomic mass is 16.5. The zero-order valence-corrected chi connectivity index (χ0v) is 13.3. The van der Waals surface area contributed by atoms with Crippen LogP contribution in [-0.2, 0) is 19.1 Å². The van der Waals surface area contributed by atoms with Crippen molar-refractivity contribution in [2.45, 2.75) is 51.6 Å². The summed E-state index contributed by atoms with van der Waals surface area (Å²) in [5, 5.41) is 10.3. The second-order valence-corrected chi connectivity index (χ2v) is 5.94. The van der Waals surface area contributed by atoms with Gasteiger partial charge in [-0.3, -0.25) is 9.59 Å². The van der Waals surface area contributed by atoms with Gasteiger partial charge in [0.2, 0.25) is 0 Å². The zero-order chi connectivity index (χ0) is 16.1. The third-order valence-electron chi connectivity index (χ3n) is 4.09. The second-order valence-electron chi connectivity index (χ2n) is 5.94. The average Bonchev–Trinajstić information content (AvgIpc) is 3.19. The maximum absolute atomic E-state index is 11.8. The lowest BCUT2D eigenvalue weighted by molar-refractivity contribution is -0.161. The molecule has 21 heavy (non-hydrogen) atoms. The van der Waals surface area contributed by atoms with Crippen LogP contribution < -0.4 is 0 Å². The van der Waals surface area contributed by atoms with Crippen LogP contribution in [0.1, 0.15) is 46.0 Å². The topological polar surface area (TPSA) is 72.8 Å². The van der Waals surface area contributed by atoms with Crippen molar-refractivity contribution in [3.05, 3.63) is 12.2 Å². The van der Waals surface area contributed by atoms with E-state index in [1.165, 1.54) is 14.2 Å². The molecule has 0 aromatic heterocycles. The molecule has 0 bridgehead atoms. The Morgan fingerprint density at radius 1 is 1.29 bits per heavy atom. The quantitative estimate of drug-likeness (QED) is 0.322. The van der Waals surface area contributed by atoms with Crippen LogP contribution in [0.5, 0.6) is 0 Å². The minimum atomic E-state index is -1.22. The van der Waals surface area contributed by atoms with Gasteiger partial charge in [0.1, 0.15) is 0 Å². The summed E-state index contributed by atoms with van der Waals surface area (Å²) in [5.41, 5.74) is -2.14. The molecule has 0 spiro atoms. The molecular formula is C16H26O5. The Hall–Kier alpha value is -1.36. The van der Waals surface area contributed by atoms with Crippen LogP contribution >= 0.6 is 0 Å². The molecule has 1 saturated carbocycles. The normalized spacial score (nSPS) is 22.6. The lowest BCUT2D eigenvalue weighted by atomic mass is 9.96. The van der Waals surface area contributed by atoms with Crippen LogP contribution in [0.4, 0.5) is 0 Å². The number of carbonyl (C=O) groups excluding carboxylic acids is 2. The fourth-order valence-corrected chi connectivity index (χ4v) is 2.58. The van der Waals surface area contributed by atoms with Gasteiger partial charge in [-0.2, -0.15) is 0 Å². The minimum Gasteiger partial charge on any atom is -0.468 e. The Kier molecular flexibility index (Phi) is 5.96. The number of hydrogen-bond donors (Lipinski definition) is 1. The summed E-state index contributed by atoms with van der Waals surface area (Å²) in [6.07, 6.45) is 7.55. The Morgan fingerprint density at radius 3 is 2.33 bits per heavy atom. The molecule has 0 aromatic rings. The maximum Gasteiger partial charge on any atom is 0.323 e. The molecule has 1 fully saturated rings. The molecule has 0 saturated heterocycles. The Balaban J connectivity index is 2.69. The van der Waals surface area contributed by atoms with Gasteiger partial charge < -0.3 is 14.6 Å². The summed E-state index contributed by atoms with van der Waals surface area (Å²) in [6.45, 7) is 3.84. The molecule has 2 unspecified atom stereocenters. The van der Waals surface area contributed by atoms with Gasteiger partial charge in [-0.15, -0.1) is 0 Å². The Bertz CT molecular complexity index is 395. The van der Waals surface area contributed by atoms with Gasteiger partial charge in [0, 0.05) is 5.92 Å². The van der Waals surface area contributed by atoms with E-state index in [1.807, 2.05) is 0 Å². The molecule has 0 heterocycles. The molecule has 1 N–H and O–H groups in total. The monoisotopic (exact) mass is 298 g/mol. The SMILES string of the molecule is CCCCCC(C)(O)/C=C/C1CC1(C(=O)OC)C(=O)OC. The van der Waals surface area contributed by atoms with Crippen LogP contribution in [0.15, 0.2) is 12.2 Å². The predicted octanol–water partition coefficient (Wildman–Crippen LogP) is 2.23. The Labute approximate surface area is 126 Å². The number of carbonyl (C=O) groups is 2. The number of rotatable bonds is 8. The maximum atomic E-state index is 11.8. The smallest absolute Gasteiger partial charge is 0.323 e. The minimum absolute atomic E-state index is 0.268. The van der Waals surface area contributed by atoms with Crippen LogP contribution in [0.2, 0.25) is 0 Å². The molecule has 5 nitrogen and oxygen atoms in total. The van der Waals surface area contributed by atoms with Crippen LogP contribution in [0, 0.1) is 11.3 Å². The predicted molar refractivity (Wildman–Crippen MR) is 78.5 cm³/mol. The van der Waals surface area contributed by atoms with Crippen molar-refractivity contribution in [3.63, 3.8) is 0 Å². The fourth-order valence-electron chi connectivity index (χ4n) is 2.58. The number of aliphatic hydroxyl groups is 1. The fraction of sp³-hybridized carbons (Fsp3) is 0.750. The molecule has 0 amide bonds. The van der Waals surface area contributed by atoms with Crippen LogP contribution in [0.25, 0.3) is 0 Å². The molecular weight excluding hydrogens is 272 g/mol. The number of methoxy groups -OCH3 is 2. The largest absolute Gasteiger partial charge is 0.468 e. The number of ether oxygens (including phenoxy) is 2. The van der Waals surface area contributed by atoms with Crippen molar-refractivity contribution in [1.29, 1.82) is 0 Å². The molecule has 2 atom stereocenters. The van der Waals surface area contributed by atoms with E-state index in [-0.39, 0.29) is 5.92 Å². The summed E-state index contributed by atoms with van der Waals surface area (Å²) in [6, 6.07) is 0. The third kappa shape index (κ3) is 4.06.